The van der Waals surface area contributed by atoms with Gasteiger partial charge in [0.05, 0.1) is 18.2 Å². The quantitative estimate of drug-likeness (QED) is 0.536. The van der Waals surface area contributed by atoms with Gasteiger partial charge in [0, 0.05) is 12.8 Å². The standard InChI is InChI=1S/C28H26N4O4/c29-16-22-12-6-4-10-20(22)14-24(26(30)33)31-27(34)25-15-21-11-5-7-13-23(21)17-32(25)28(35)36-18-19-8-2-1-3-9-19/h1-13,24-25H,14-15,17-18H2,(H2,30,33)(H,31,34)/t24-,25-/m0/s1. The third-order valence-electron chi connectivity index (χ3n) is 6.21. The second-order valence-corrected chi connectivity index (χ2v) is 8.59. The van der Waals surface area contributed by atoms with Crippen LogP contribution in [0.1, 0.15) is 27.8 Å². The van der Waals surface area contributed by atoms with Gasteiger partial charge in [0.1, 0.15) is 18.7 Å². The summed E-state index contributed by atoms with van der Waals surface area (Å²) in [6.45, 7) is 0.265. The summed E-state index contributed by atoms with van der Waals surface area (Å²) < 4.78 is 5.52. The second-order valence-electron chi connectivity index (χ2n) is 8.59. The van der Waals surface area contributed by atoms with Crippen molar-refractivity contribution in [1.29, 1.82) is 5.26 Å². The van der Waals surface area contributed by atoms with Crippen LogP contribution in [0.4, 0.5) is 4.79 Å². The summed E-state index contributed by atoms with van der Waals surface area (Å²) in [6, 6.07) is 23.8. The Kier molecular flexibility index (Phi) is 7.61. The largest absolute Gasteiger partial charge is 0.445 e. The van der Waals surface area contributed by atoms with Crippen LogP contribution in [-0.4, -0.2) is 34.9 Å². The van der Waals surface area contributed by atoms with Gasteiger partial charge < -0.3 is 15.8 Å². The molecule has 0 saturated carbocycles. The predicted molar refractivity (Wildman–Crippen MR) is 132 cm³/mol. The summed E-state index contributed by atoms with van der Waals surface area (Å²) in [5.41, 5.74) is 9.28. The van der Waals surface area contributed by atoms with Crippen molar-refractivity contribution in [1.82, 2.24) is 10.2 Å². The van der Waals surface area contributed by atoms with Gasteiger partial charge in [-0.15, -0.1) is 0 Å². The molecule has 4 rings (SSSR count). The lowest BCUT2D eigenvalue weighted by molar-refractivity contribution is -0.131. The first-order chi connectivity index (χ1) is 17.5. The first kappa shape index (κ1) is 24.5. The van der Waals surface area contributed by atoms with Gasteiger partial charge >= 0.3 is 6.09 Å². The van der Waals surface area contributed by atoms with E-state index in [9.17, 15) is 19.6 Å². The second kappa shape index (κ2) is 11.2. The lowest BCUT2D eigenvalue weighted by atomic mass is 9.93. The van der Waals surface area contributed by atoms with E-state index in [0.29, 0.717) is 11.1 Å². The number of amides is 3. The fourth-order valence-electron chi connectivity index (χ4n) is 4.27. The van der Waals surface area contributed by atoms with Gasteiger partial charge in [-0.1, -0.05) is 72.8 Å². The number of primary amides is 1. The summed E-state index contributed by atoms with van der Waals surface area (Å²) in [5, 5.41) is 12.1. The minimum atomic E-state index is -1.05. The number of hydrogen-bond donors (Lipinski definition) is 2. The van der Waals surface area contributed by atoms with Gasteiger partial charge in [0.15, 0.2) is 0 Å². The van der Waals surface area contributed by atoms with Crippen molar-refractivity contribution >= 4 is 17.9 Å². The molecule has 0 aliphatic carbocycles. The van der Waals surface area contributed by atoms with Gasteiger partial charge in [-0.2, -0.15) is 5.26 Å². The van der Waals surface area contributed by atoms with Crippen molar-refractivity contribution in [2.24, 2.45) is 5.73 Å². The van der Waals surface area contributed by atoms with E-state index in [0.717, 1.165) is 16.7 Å². The van der Waals surface area contributed by atoms with Crippen LogP contribution in [0.2, 0.25) is 0 Å². The molecule has 8 heteroatoms. The maximum atomic E-state index is 13.4. The van der Waals surface area contributed by atoms with Gasteiger partial charge in [0.25, 0.3) is 0 Å². The number of nitrogens with zero attached hydrogens (tertiary/aromatic N) is 2. The zero-order valence-corrected chi connectivity index (χ0v) is 19.6. The first-order valence-corrected chi connectivity index (χ1v) is 11.6. The molecule has 1 aliphatic rings. The molecule has 0 saturated heterocycles. The molecule has 0 fully saturated rings. The molecule has 0 spiro atoms. The van der Waals surface area contributed by atoms with Crippen molar-refractivity contribution in [2.75, 3.05) is 0 Å². The Balaban J connectivity index is 1.53. The number of ether oxygens (including phenoxy) is 1. The van der Waals surface area contributed by atoms with E-state index in [4.69, 9.17) is 10.5 Å². The first-order valence-electron chi connectivity index (χ1n) is 11.6. The number of nitriles is 1. The summed E-state index contributed by atoms with van der Waals surface area (Å²) in [6.07, 6.45) is -0.297. The van der Waals surface area contributed by atoms with E-state index in [1.807, 2.05) is 54.6 Å². The lowest BCUT2D eigenvalue weighted by Gasteiger charge is -2.35. The molecule has 1 aliphatic heterocycles. The number of carbonyl (C=O) groups excluding carboxylic acids is 3. The third-order valence-corrected chi connectivity index (χ3v) is 6.21. The fourth-order valence-corrected chi connectivity index (χ4v) is 4.27. The Labute approximate surface area is 209 Å². The summed E-state index contributed by atoms with van der Waals surface area (Å²) >= 11 is 0. The van der Waals surface area contributed by atoms with Crippen LogP contribution in [0.5, 0.6) is 0 Å². The number of hydrogen-bond acceptors (Lipinski definition) is 5. The van der Waals surface area contributed by atoms with Gasteiger partial charge in [-0.25, -0.2) is 4.79 Å². The average Bonchev–Trinajstić information content (AvgIpc) is 2.91. The Morgan fingerprint density at radius 3 is 2.39 bits per heavy atom. The molecule has 3 aromatic rings. The molecular weight excluding hydrogens is 456 g/mol. The van der Waals surface area contributed by atoms with Crippen LogP contribution >= 0.6 is 0 Å². The Morgan fingerprint density at radius 1 is 1.00 bits per heavy atom. The molecule has 36 heavy (non-hydrogen) atoms. The topological polar surface area (TPSA) is 126 Å². The fraction of sp³-hybridized carbons (Fsp3) is 0.214. The van der Waals surface area contributed by atoms with E-state index >= 15 is 0 Å². The number of nitrogens with two attached hydrogens (primary N) is 1. The maximum absolute atomic E-state index is 13.4. The summed E-state index contributed by atoms with van der Waals surface area (Å²) in [4.78, 5) is 40.1. The Hall–Kier alpha value is -4.64. The van der Waals surface area contributed by atoms with Gasteiger partial charge in [-0.3, -0.25) is 14.5 Å². The SMILES string of the molecule is N#Cc1ccccc1C[C@H](NC(=O)[C@@H]1Cc2ccccc2CN1C(=O)OCc1ccccc1)C(N)=O. The zero-order chi connectivity index (χ0) is 25.5. The predicted octanol–water partition coefficient (Wildman–Crippen LogP) is 2.83. The van der Waals surface area contributed by atoms with Crippen molar-refractivity contribution in [2.45, 2.75) is 38.1 Å². The number of benzene rings is 3. The van der Waals surface area contributed by atoms with Crippen LogP contribution in [0, 0.1) is 11.3 Å². The third kappa shape index (κ3) is 5.70. The molecule has 1 heterocycles. The molecule has 3 N–H and O–H groups in total. The van der Waals surface area contributed by atoms with Crippen molar-refractivity contribution in [3.05, 3.63) is 107 Å². The molecule has 2 atom stereocenters. The highest BCUT2D eigenvalue weighted by Crippen LogP contribution is 2.25. The van der Waals surface area contributed by atoms with E-state index in [1.165, 1.54) is 4.90 Å². The molecular formula is C28H26N4O4. The minimum Gasteiger partial charge on any atom is -0.445 e. The average molecular weight is 483 g/mol. The van der Waals surface area contributed by atoms with Crippen molar-refractivity contribution < 1.29 is 19.1 Å². The van der Waals surface area contributed by atoms with E-state index < -0.39 is 30.0 Å². The van der Waals surface area contributed by atoms with Crippen LogP contribution in [-0.2, 0) is 40.3 Å². The Morgan fingerprint density at radius 2 is 1.67 bits per heavy atom. The molecule has 0 unspecified atom stereocenters. The normalized spacial score (nSPS) is 15.2. The van der Waals surface area contributed by atoms with Crippen LogP contribution in [0.25, 0.3) is 0 Å². The molecule has 8 nitrogen and oxygen atoms in total. The molecule has 0 aromatic heterocycles. The number of nitrogens with one attached hydrogen (secondary N) is 1. The van der Waals surface area contributed by atoms with Crippen molar-refractivity contribution in [3.63, 3.8) is 0 Å². The minimum absolute atomic E-state index is 0.0621. The highest BCUT2D eigenvalue weighted by molar-refractivity contribution is 5.91. The monoisotopic (exact) mass is 482 g/mol. The molecule has 0 bridgehead atoms. The molecule has 0 radical (unpaired) electrons. The smallest absolute Gasteiger partial charge is 0.411 e. The molecule has 3 aromatic carbocycles. The number of carbonyl (C=O) groups is 3. The highest BCUT2D eigenvalue weighted by Gasteiger charge is 2.37. The maximum Gasteiger partial charge on any atom is 0.411 e. The van der Waals surface area contributed by atoms with Gasteiger partial charge in [-0.05, 0) is 28.3 Å². The molecule has 182 valence electrons. The van der Waals surface area contributed by atoms with Crippen molar-refractivity contribution in [3.8, 4) is 6.07 Å². The summed E-state index contributed by atoms with van der Waals surface area (Å²) in [7, 11) is 0. The highest BCUT2D eigenvalue weighted by atomic mass is 16.6. The van der Waals surface area contributed by atoms with Gasteiger partial charge in [0.2, 0.25) is 11.8 Å². The van der Waals surface area contributed by atoms with Crippen LogP contribution < -0.4 is 11.1 Å². The zero-order valence-electron chi connectivity index (χ0n) is 19.6. The van der Waals surface area contributed by atoms with Crippen LogP contribution in [0.3, 0.4) is 0 Å². The van der Waals surface area contributed by atoms with Crippen LogP contribution in [0.15, 0.2) is 78.9 Å². The Bertz CT molecular complexity index is 1300. The lowest BCUT2D eigenvalue weighted by Crippen LogP contribution is -2.56. The molecule has 3 amide bonds. The summed E-state index contributed by atoms with van der Waals surface area (Å²) in [5.74, 6) is -1.25. The number of fused-ring (bicyclic) bond motifs is 1. The van der Waals surface area contributed by atoms with E-state index in [1.54, 1.807) is 24.3 Å². The number of rotatable bonds is 7. The van der Waals surface area contributed by atoms with E-state index in [2.05, 4.69) is 11.4 Å². The van der Waals surface area contributed by atoms with E-state index in [-0.39, 0.29) is 26.0 Å².